The van der Waals surface area contributed by atoms with Gasteiger partial charge in [-0.2, -0.15) is 0 Å². The maximum atomic E-state index is 12.6. The van der Waals surface area contributed by atoms with Crippen LogP contribution in [0.5, 0.6) is 0 Å². The van der Waals surface area contributed by atoms with Crippen molar-refractivity contribution in [3.63, 3.8) is 0 Å². The van der Waals surface area contributed by atoms with Crippen molar-refractivity contribution in [1.29, 1.82) is 0 Å². The molecule has 0 aliphatic carbocycles. The van der Waals surface area contributed by atoms with Gasteiger partial charge in [-0.1, -0.05) is 6.07 Å². The average molecular weight is 375 g/mol. The first-order valence-corrected chi connectivity index (χ1v) is 9.57. The third-order valence-corrected chi connectivity index (χ3v) is 5.67. The van der Waals surface area contributed by atoms with Gasteiger partial charge < -0.3 is 25.0 Å². The van der Waals surface area contributed by atoms with Gasteiger partial charge in [0.05, 0.1) is 6.61 Å². The molecule has 1 unspecified atom stereocenters. The van der Waals surface area contributed by atoms with Crippen LogP contribution in [0, 0.1) is 5.41 Å². The van der Waals surface area contributed by atoms with Crippen molar-refractivity contribution < 1.29 is 19.4 Å². The SMILES string of the molecule is CC1CCC(=O)N1c1cccc(NC(=O)N(C)CC2(CO)CCOCC2)c1. The molecule has 0 saturated carbocycles. The molecule has 0 aromatic heterocycles. The number of carbonyl (C=O) groups excluding carboxylic acids is 2. The van der Waals surface area contributed by atoms with Crippen LogP contribution in [0.4, 0.5) is 16.2 Å². The van der Waals surface area contributed by atoms with Crippen LogP contribution >= 0.6 is 0 Å². The second-order valence-corrected chi connectivity index (χ2v) is 7.76. The van der Waals surface area contributed by atoms with Crippen LogP contribution in [0.1, 0.15) is 32.6 Å². The summed E-state index contributed by atoms with van der Waals surface area (Å²) in [6, 6.07) is 7.33. The van der Waals surface area contributed by atoms with E-state index in [0.29, 0.717) is 31.9 Å². The van der Waals surface area contributed by atoms with Crippen LogP contribution < -0.4 is 10.2 Å². The molecule has 148 valence electrons. The molecule has 1 aromatic carbocycles. The Morgan fingerprint density at radius 3 is 2.78 bits per heavy atom. The molecule has 2 N–H and O–H groups in total. The third-order valence-electron chi connectivity index (χ3n) is 5.67. The zero-order valence-corrected chi connectivity index (χ0v) is 16.1. The van der Waals surface area contributed by atoms with Crippen molar-refractivity contribution in [2.75, 3.05) is 43.6 Å². The number of rotatable bonds is 5. The molecule has 1 aromatic rings. The lowest BCUT2D eigenvalue weighted by molar-refractivity contribution is -0.117. The minimum absolute atomic E-state index is 0.0401. The Morgan fingerprint density at radius 2 is 2.15 bits per heavy atom. The molecule has 1 atom stereocenters. The van der Waals surface area contributed by atoms with E-state index in [1.807, 2.05) is 31.2 Å². The molecule has 0 radical (unpaired) electrons. The highest BCUT2D eigenvalue weighted by molar-refractivity contribution is 5.97. The molecule has 27 heavy (non-hydrogen) atoms. The molecule has 2 saturated heterocycles. The summed E-state index contributed by atoms with van der Waals surface area (Å²) in [5.41, 5.74) is 1.16. The van der Waals surface area contributed by atoms with E-state index in [1.165, 1.54) is 0 Å². The smallest absolute Gasteiger partial charge is 0.321 e. The Hall–Kier alpha value is -2.12. The maximum Gasteiger partial charge on any atom is 0.321 e. The number of hydrogen-bond acceptors (Lipinski definition) is 4. The number of aliphatic hydroxyl groups excluding tert-OH is 1. The van der Waals surface area contributed by atoms with Crippen LogP contribution in [-0.4, -0.2) is 61.4 Å². The molecule has 0 bridgehead atoms. The Bertz CT molecular complexity index is 688. The first-order chi connectivity index (χ1) is 12.9. The number of benzene rings is 1. The number of nitrogens with one attached hydrogen (secondary N) is 1. The van der Waals surface area contributed by atoms with E-state index < -0.39 is 0 Å². The lowest BCUT2D eigenvalue weighted by Gasteiger charge is -2.38. The number of amides is 3. The molecular formula is C20H29N3O4. The average Bonchev–Trinajstić information content (AvgIpc) is 3.01. The van der Waals surface area contributed by atoms with Crippen molar-refractivity contribution in [3.05, 3.63) is 24.3 Å². The largest absolute Gasteiger partial charge is 0.396 e. The first-order valence-electron chi connectivity index (χ1n) is 9.57. The van der Waals surface area contributed by atoms with Crippen molar-refractivity contribution in [3.8, 4) is 0 Å². The van der Waals surface area contributed by atoms with E-state index >= 15 is 0 Å². The van der Waals surface area contributed by atoms with E-state index in [0.717, 1.165) is 24.9 Å². The van der Waals surface area contributed by atoms with E-state index in [1.54, 1.807) is 16.8 Å². The van der Waals surface area contributed by atoms with Gasteiger partial charge in [-0.25, -0.2) is 4.79 Å². The molecule has 3 amide bonds. The number of ether oxygens (including phenoxy) is 1. The summed E-state index contributed by atoms with van der Waals surface area (Å²) in [5.74, 6) is 0.118. The third kappa shape index (κ3) is 4.42. The second kappa shape index (κ2) is 8.27. The number of urea groups is 1. The number of anilines is 2. The van der Waals surface area contributed by atoms with E-state index in [4.69, 9.17) is 4.74 Å². The molecule has 2 aliphatic rings. The van der Waals surface area contributed by atoms with Crippen LogP contribution in [0.3, 0.4) is 0 Å². The Morgan fingerprint density at radius 1 is 1.41 bits per heavy atom. The van der Waals surface area contributed by atoms with Crippen molar-refractivity contribution in [2.45, 2.75) is 38.6 Å². The fourth-order valence-electron chi connectivity index (χ4n) is 3.92. The molecule has 7 heteroatoms. The molecule has 7 nitrogen and oxygen atoms in total. The molecule has 2 fully saturated rings. The predicted molar refractivity (Wildman–Crippen MR) is 104 cm³/mol. The fraction of sp³-hybridized carbons (Fsp3) is 0.600. The van der Waals surface area contributed by atoms with Crippen molar-refractivity contribution in [1.82, 2.24) is 4.90 Å². The Balaban J connectivity index is 1.65. The van der Waals surface area contributed by atoms with Crippen molar-refractivity contribution >= 4 is 23.3 Å². The predicted octanol–water partition coefficient (Wildman–Crippen LogP) is 2.45. The summed E-state index contributed by atoms with van der Waals surface area (Å²) < 4.78 is 5.38. The van der Waals surface area contributed by atoms with E-state index in [-0.39, 0.29) is 30.0 Å². The lowest BCUT2D eigenvalue weighted by Crippen LogP contribution is -2.45. The van der Waals surface area contributed by atoms with Gasteiger partial charge in [0, 0.05) is 56.1 Å². The second-order valence-electron chi connectivity index (χ2n) is 7.76. The number of carbonyl (C=O) groups is 2. The van der Waals surface area contributed by atoms with Crippen LogP contribution in [0.25, 0.3) is 0 Å². The van der Waals surface area contributed by atoms with Gasteiger partial charge in [-0.05, 0) is 44.4 Å². The minimum atomic E-state index is -0.302. The quantitative estimate of drug-likeness (QED) is 0.828. The van der Waals surface area contributed by atoms with Crippen LogP contribution in [0.2, 0.25) is 0 Å². The molecule has 3 rings (SSSR count). The van der Waals surface area contributed by atoms with Gasteiger partial charge in [0.15, 0.2) is 0 Å². The Labute approximate surface area is 160 Å². The molecule has 2 aliphatic heterocycles. The van der Waals surface area contributed by atoms with E-state index in [9.17, 15) is 14.7 Å². The van der Waals surface area contributed by atoms with Crippen LogP contribution in [0.15, 0.2) is 24.3 Å². The normalized spacial score (nSPS) is 22.0. The molecule has 0 spiro atoms. The summed E-state index contributed by atoms with van der Waals surface area (Å²) in [4.78, 5) is 28.1. The zero-order chi connectivity index (χ0) is 19.4. The van der Waals surface area contributed by atoms with E-state index in [2.05, 4.69) is 5.32 Å². The summed E-state index contributed by atoms with van der Waals surface area (Å²) in [6.07, 6.45) is 2.90. The summed E-state index contributed by atoms with van der Waals surface area (Å²) in [6.45, 7) is 3.77. The molecular weight excluding hydrogens is 346 g/mol. The number of hydrogen-bond donors (Lipinski definition) is 2. The number of aliphatic hydroxyl groups is 1. The van der Waals surface area contributed by atoms with Gasteiger partial charge >= 0.3 is 6.03 Å². The summed E-state index contributed by atoms with van der Waals surface area (Å²) in [7, 11) is 1.73. The van der Waals surface area contributed by atoms with Gasteiger partial charge in [0.25, 0.3) is 0 Å². The van der Waals surface area contributed by atoms with Gasteiger partial charge in [0.1, 0.15) is 0 Å². The minimum Gasteiger partial charge on any atom is -0.396 e. The first kappa shape index (κ1) is 19.6. The van der Waals surface area contributed by atoms with Gasteiger partial charge in [-0.3, -0.25) is 4.79 Å². The fourth-order valence-corrected chi connectivity index (χ4v) is 3.92. The van der Waals surface area contributed by atoms with Crippen LogP contribution in [-0.2, 0) is 9.53 Å². The standard InChI is InChI=1S/C20H29N3O4/c1-15-6-7-18(25)23(15)17-5-3-4-16(12-17)21-19(26)22(2)13-20(14-24)8-10-27-11-9-20/h3-5,12,15,24H,6-11,13-14H2,1-2H3,(H,21,26). The zero-order valence-electron chi connectivity index (χ0n) is 16.1. The highest BCUT2D eigenvalue weighted by Gasteiger charge is 2.34. The maximum absolute atomic E-state index is 12.6. The lowest BCUT2D eigenvalue weighted by atomic mass is 9.80. The summed E-state index contributed by atoms with van der Waals surface area (Å²) >= 11 is 0. The van der Waals surface area contributed by atoms with Gasteiger partial charge in [-0.15, -0.1) is 0 Å². The highest BCUT2D eigenvalue weighted by atomic mass is 16.5. The monoisotopic (exact) mass is 375 g/mol. The summed E-state index contributed by atoms with van der Waals surface area (Å²) in [5, 5.41) is 12.7. The van der Waals surface area contributed by atoms with Crippen molar-refractivity contribution in [2.24, 2.45) is 5.41 Å². The van der Waals surface area contributed by atoms with Gasteiger partial charge in [0.2, 0.25) is 5.91 Å². The Kier molecular flexibility index (Phi) is 6.01. The topological polar surface area (TPSA) is 82.1 Å². The molecule has 2 heterocycles. The number of nitrogens with zero attached hydrogens (tertiary/aromatic N) is 2. The highest BCUT2D eigenvalue weighted by Crippen LogP contribution is 2.31.